The number of allylic oxidation sites excluding steroid dienone is 4. The zero-order valence-corrected chi connectivity index (χ0v) is 13.9. The maximum Gasteiger partial charge on any atom is 0.0973 e. The molecule has 0 rings (SSSR count). The van der Waals surface area contributed by atoms with E-state index < -0.39 is 0 Å². The summed E-state index contributed by atoms with van der Waals surface area (Å²) in [5.74, 6) is 0.495. The van der Waals surface area contributed by atoms with Crippen molar-refractivity contribution in [2.24, 2.45) is 10.9 Å². The van der Waals surface area contributed by atoms with Crippen molar-refractivity contribution in [3.8, 4) is 0 Å². The second kappa shape index (κ2) is 11.8. The monoisotopic (exact) mass is 265 g/mol. The van der Waals surface area contributed by atoms with Crippen LogP contribution >= 0.6 is 0 Å². The van der Waals surface area contributed by atoms with Crippen molar-refractivity contribution in [2.75, 3.05) is 7.05 Å². The summed E-state index contributed by atoms with van der Waals surface area (Å²) in [6, 6.07) is 0. The van der Waals surface area contributed by atoms with E-state index in [1.54, 1.807) is 13.1 Å². The third-order valence-corrected chi connectivity index (χ3v) is 2.86. The zero-order chi connectivity index (χ0) is 15.4. The van der Waals surface area contributed by atoms with E-state index in [2.05, 4.69) is 32.3 Å². The van der Waals surface area contributed by atoms with Crippen LogP contribution in [0.15, 0.2) is 41.1 Å². The smallest absolute Gasteiger partial charge is 0.0973 e. The highest BCUT2D eigenvalue weighted by molar-refractivity contribution is 6.01. The first-order valence-corrected chi connectivity index (χ1v) is 7.03. The molecule has 0 saturated carbocycles. The highest BCUT2D eigenvalue weighted by Gasteiger charge is 2.08. The molecule has 110 valence electrons. The molecule has 19 heavy (non-hydrogen) atoms. The molecule has 0 aliphatic rings. The summed E-state index contributed by atoms with van der Waals surface area (Å²) in [6.07, 6.45) is 5.75. The van der Waals surface area contributed by atoms with Crippen molar-refractivity contribution in [3.05, 3.63) is 36.1 Å². The van der Waals surface area contributed by atoms with Gasteiger partial charge in [-0.05, 0) is 32.3 Å². The summed E-state index contributed by atoms with van der Waals surface area (Å²) in [6.45, 7) is 18.1. The van der Waals surface area contributed by atoms with E-state index >= 15 is 0 Å². The van der Waals surface area contributed by atoms with Crippen molar-refractivity contribution < 1.29 is 4.74 Å². The van der Waals surface area contributed by atoms with Gasteiger partial charge in [0.15, 0.2) is 0 Å². The van der Waals surface area contributed by atoms with Gasteiger partial charge in [-0.25, -0.2) is 0 Å². The Bertz CT molecular complexity index is 335. The van der Waals surface area contributed by atoms with Crippen LogP contribution in [0, 0.1) is 5.92 Å². The van der Waals surface area contributed by atoms with Crippen molar-refractivity contribution in [1.82, 2.24) is 0 Å². The fourth-order valence-electron chi connectivity index (χ4n) is 1.18. The molecule has 0 aromatic carbocycles. The minimum absolute atomic E-state index is 0.200. The standard InChI is InChI=1S/C15H25NO.C2H6/c1-8-9-12(4)15(13(5)16-7)10-17-14(6)11(2)3;1-2/h8-11,14H,1H2,2-7H3;1-2H3/b12-9-,15-10-,16-13?;. The first-order chi connectivity index (χ1) is 8.93. The van der Waals surface area contributed by atoms with E-state index in [1.165, 1.54) is 0 Å². The highest BCUT2D eigenvalue weighted by Crippen LogP contribution is 2.14. The Morgan fingerprint density at radius 2 is 1.68 bits per heavy atom. The lowest BCUT2D eigenvalue weighted by molar-refractivity contribution is 0.117. The average molecular weight is 265 g/mol. The first kappa shape index (κ1) is 20.0. The fourth-order valence-corrected chi connectivity index (χ4v) is 1.18. The predicted molar refractivity (Wildman–Crippen MR) is 87.8 cm³/mol. The van der Waals surface area contributed by atoms with E-state index in [0.717, 1.165) is 16.9 Å². The third kappa shape index (κ3) is 8.41. The lowest BCUT2D eigenvalue weighted by Crippen LogP contribution is -2.13. The SMILES string of the molecule is C=C/C=C(C)\C(=C\OC(C)C(C)C)C(C)=NC.CC. The van der Waals surface area contributed by atoms with Gasteiger partial charge in [0.2, 0.25) is 0 Å². The van der Waals surface area contributed by atoms with Crippen LogP contribution in [0.4, 0.5) is 0 Å². The average Bonchev–Trinajstić information content (AvgIpc) is 2.40. The molecule has 0 saturated heterocycles. The molecule has 0 spiro atoms. The van der Waals surface area contributed by atoms with E-state index in [9.17, 15) is 0 Å². The second-order valence-corrected chi connectivity index (χ2v) is 4.51. The summed E-state index contributed by atoms with van der Waals surface area (Å²) < 4.78 is 5.74. The van der Waals surface area contributed by atoms with Crippen molar-refractivity contribution in [1.29, 1.82) is 0 Å². The number of nitrogens with zero attached hydrogens (tertiary/aromatic N) is 1. The molecule has 0 amide bonds. The van der Waals surface area contributed by atoms with Crippen LogP contribution in [-0.4, -0.2) is 18.9 Å². The molecule has 0 aliphatic heterocycles. The number of hydrogen-bond donors (Lipinski definition) is 0. The molecule has 1 atom stereocenters. The fraction of sp³-hybridized carbons (Fsp3) is 0.588. The molecular weight excluding hydrogens is 234 g/mol. The molecule has 0 aromatic heterocycles. The zero-order valence-electron chi connectivity index (χ0n) is 13.9. The lowest BCUT2D eigenvalue weighted by atomic mass is 10.0. The number of aliphatic imine (C=N–C) groups is 1. The largest absolute Gasteiger partial charge is 0.497 e. The molecule has 0 bridgehead atoms. The second-order valence-electron chi connectivity index (χ2n) is 4.51. The number of rotatable bonds is 6. The van der Waals surface area contributed by atoms with Gasteiger partial charge in [0, 0.05) is 18.3 Å². The molecule has 2 nitrogen and oxygen atoms in total. The Balaban J connectivity index is 0. The molecule has 2 heteroatoms. The summed E-state index contributed by atoms with van der Waals surface area (Å²) >= 11 is 0. The van der Waals surface area contributed by atoms with Gasteiger partial charge >= 0.3 is 0 Å². The summed E-state index contributed by atoms with van der Waals surface area (Å²) in [5.41, 5.74) is 3.11. The Labute approximate surface area is 120 Å². The Hall–Kier alpha value is -1.31. The van der Waals surface area contributed by atoms with Crippen molar-refractivity contribution in [2.45, 2.75) is 54.6 Å². The van der Waals surface area contributed by atoms with Crippen LogP contribution in [0.5, 0.6) is 0 Å². The maximum atomic E-state index is 5.74. The van der Waals surface area contributed by atoms with Crippen LogP contribution in [0.1, 0.15) is 48.5 Å². The van der Waals surface area contributed by atoms with E-state index in [0.29, 0.717) is 5.92 Å². The molecule has 0 radical (unpaired) electrons. The minimum atomic E-state index is 0.200. The topological polar surface area (TPSA) is 21.6 Å². The molecule has 0 fully saturated rings. The summed E-state index contributed by atoms with van der Waals surface area (Å²) in [4.78, 5) is 4.21. The van der Waals surface area contributed by atoms with E-state index in [4.69, 9.17) is 4.74 Å². The van der Waals surface area contributed by atoms with Gasteiger partial charge in [-0.15, -0.1) is 0 Å². The Morgan fingerprint density at radius 1 is 1.16 bits per heavy atom. The van der Waals surface area contributed by atoms with Crippen LogP contribution in [0.25, 0.3) is 0 Å². The molecule has 0 aliphatic carbocycles. The minimum Gasteiger partial charge on any atom is -0.497 e. The molecule has 0 aromatic rings. The van der Waals surface area contributed by atoms with Gasteiger partial charge in [0.25, 0.3) is 0 Å². The van der Waals surface area contributed by atoms with Crippen molar-refractivity contribution >= 4 is 5.71 Å². The molecule has 0 heterocycles. The Kier molecular flexibility index (Phi) is 12.4. The number of ether oxygens (including phenoxy) is 1. The van der Waals surface area contributed by atoms with Crippen LogP contribution in [0.3, 0.4) is 0 Å². The van der Waals surface area contributed by atoms with Gasteiger partial charge in [-0.2, -0.15) is 0 Å². The van der Waals surface area contributed by atoms with Crippen LogP contribution < -0.4 is 0 Å². The molecule has 1 unspecified atom stereocenters. The van der Waals surface area contributed by atoms with Gasteiger partial charge in [-0.3, -0.25) is 4.99 Å². The van der Waals surface area contributed by atoms with Crippen molar-refractivity contribution in [3.63, 3.8) is 0 Å². The highest BCUT2D eigenvalue weighted by atomic mass is 16.5. The van der Waals surface area contributed by atoms with Gasteiger partial charge in [0.05, 0.1) is 12.4 Å². The van der Waals surface area contributed by atoms with E-state index in [1.807, 2.05) is 40.0 Å². The predicted octanol–water partition coefficient (Wildman–Crippen LogP) is 5.18. The summed E-state index contributed by atoms with van der Waals surface area (Å²) in [7, 11) is 1.79. The van der Waals surface area contributed by atoms with Crippen LogP contribution in [0.2, 0.25) is 0 Å². The van der Waals surface area contributed by atoms with E-state index in [-0.39, 0.29) is 6.10 Å². The maximum absolute atomic E-state index is 5.74. The third-order valence-electron chi connectivity index (χ3n) is 2.86. The van der Waals surface area contributed by atoms with Crippen LogP contribution in [-0.2, 0) is 4.74 Å². The van der Waals surface area contributed by atoms with Gasteiger partial charge in [0.1, 0.15) is 0 Å². The normalized spacial score (nSPS) is 14.7. The number of hydrogen-bond acceptors (Lipinski definition) is 2. The molecule has 0 N–H and O–H groups in total. The quantitative estimate of drug-likeness (QED) is 0.368. The Morgan fingerprint density at radius 3 is 2.05 bits per heavy atom. The van der Waals surface area contributed by atoms with Gasteiger partial charge < -0.3 is 4.74 Å². The molecular formula is C17H31NO. The first-order valence-electron chi connectivity index (χ1n) is 7.03. The van der Waals surface area contributed by atoms with Gasteiger partial charge in [-0.1, -0.05) is 46.4 Å². The lowest BCUT2D eigenvalue weighted by Gasteiger charge is -2.16. The summed E-state index contributed by atoms with van der Waals surface area (Å²) in [5, 5.41) is 0.